The molecule has 0 radical (unpaired) electrons. The summed E-state index contributed by atoms with van der Waals surface area (Å²) in [7, 11) is 2.81. The highest BCUT2D eigenvalue weighted by atomic mass is 16.7. The van der Waals surface area contributed by atoms with Gasteiger partial charge in [-0.05, 0) is 24.1 Å². The third-order valence-corrected chi connectivity index (χ3v) is 6.46. The van der Waals surface area contributed by atoms with Gasteiger partial charge in [0.1, 0.15) is 17.0 Å². The van der Waals surface area contributed by atoms with Gasteiger partial charge in [0.15, 0.2) is 5.41 Å². The van der Waals surface area contributed by atoms with Gasteiger partial charge in [-0.1, -0.05) is 51.2 Å². The van der Waals surface area contributed by atoms with Crippen LogP contribution in [0.25, 0.3) is 0 Å². The van der Waals surface area contributed by atoms with E-state index in [4.69, 9.17) is 19.9 Å². The van der Waals surface area contributed by atoms with Crippen molar-refractivity contribution in [2.24, 2.45) is 21.6 Å². The number of aliphatic imine (C=N–C) groups is 1. The van der Waals surface area contributed by atoms with Crippen molar-refractivity contribution in [3.63, 3.8) is 0 Å². The first-order chi connectivity index (χ1) is 14.5. The number of nitrogens with zero attached hydrogens (tertiary/aromatic N) is 3. The fraction of sp³-hybridized carbons (Fsp3) is 0.609. The molecule has 3 atom stereocenters. The second-order valence-corrected chi connectivity index (χ2v) is 7.95. The van der Waals surface area contributed by atoms with Crippen molar-refractivity contribution >= 4 is 5.84 Å². The molecule has 1 aliphatic heterocycles. The van der Waals surface area contributed by atoms with Crippen molar-refractivity contribution in [1.29, 1.82) is 10.5 Å². The van der Waals surface area contributed by atoms with Crippen LogP contribution in [0.15, 0.2) is 29.3 Å². The highest BCUT2D eigenvalue weighted by Gasteiger charge is 2.93. The van der Waals surface area contributed by atoms with Crippen molar-refractivity contribution in [3.05, 3.63) is 29.8 Å². The van der Waals surface area contributed by atoms with E-state index in [-0.39, 0.29) is 5.84 Å². The molecule has 0 saturated heterocycles. The van der Waals surface area contributed by atoms with Gasteiger partial charge in [0.25, 0.3) is 5.91 Å². The SMILES string of the molecule is CCCCCCCCOc1ccc(C2C3(C#N)C(N)=NC(OC)(OC)C23C#N)cc1. The van der Waals surface area contributed by atoms with Crippen LogP contribution >= 0.6 is 0 Å². The minimum absolute atomic E-state index is 0.0728. The summed E-state index contributed by atoms with van der Waals surface area (Å²) in [4.78, 5) is 4.22. The van der Waals surface area contributed by atoms with E-state index in [2.05, 4.69) is 24.1 Å². The molecule has 0 amide bonds. The molecule has 1 fully saturated rings. The quantitative estimate of drug-likeness (QED) is 0.438. The smallest absolute Gasteiger partial charge is 0.292 e. The Hall–Kier alpha value is -2.61. The van der Waals surface area contributed by atoms with E-state index in [9.17, 15) is 10.5 Å². The van der Waals surface area contributed by atoms with Crippen molar-refractivity contribution in [2.75, 3.05) is 20.8 Å². The molecule has 0 bridgehead atoms. The number of rotatable bonds is 11. The second-order valence-electron chi connectivity index (χ2n) is 7.95. The maximum atomic E-state index is 10.1. The Balaban J connectivity index is 1.71. The van der Waals surface area contributed by atoms with Crippen LogP contribution in [-0.2, 0) is 9.47 Å². The molecule has 2 aliphatic rings. The fourth-order valence-corrected chi connectivity index (χ4v) is 4.85. The molecule has 0 aromatic heterocycles. The van der Waals surface area contributed by atoms with E-state index < -0.39 is 22.7 Å². The van der Waals surface area contributed by atoms with Crippen LogP contribution in [0.3, 0.4) is 0 Å². The number of nitrogens with two attached hydrogens (primary N) is 1. The van der Waals surface area contributed by atoms with Gasteiger partial charge in [0.05, 0.1) is 18.7 Å². The number of nitriles is 2. The normalized spacial score (nSPS) is 28.2. The van der Waals surface area contributed by atoms with Crippen molar-refractivity contribution in [3.8, 4) is 17.9 Å². The zero-order chi connectivity index (χ0) is 21.8. The van der Waals surface area contributed by atoms with Crippen LogP contribution in [0.1, 0.15) is 56.9 Å². The number of amidine groups is 1. The summed E-state index contributed by atoms with van der Waals surface area (Å²) in [5, 5.41) is 20.0. The Kier molecular flexibility index (Phi) is 6.36. The first-order valence-corrected chi connectivity index (χ1v) is 10.5. The molecule has 2 N–H and O–H groups in total. The minimum atomic E-state index is -1.60. The summed E-state index contributed by atoms with van der Waals surface area (Å²) in [5.41, 5.74) is 4.33. The van der Waals surface area contributed by atoms with Crippen molar-refractivity contribution in [1.82, 2.24) is 0 Å². The Labute approximate surface area is 178 Å². The minimum Gasteiger partial charge on any atom is -0.494 e. The predicted octanol–water partition coefficient (Wildman–Crippen LogP) is 3.86. The van der Waals surface area contributed by atoms with Crippen LogP contribution in [0.5, 0.6) is 5.75 Å². The molecule has 1 aromatic rings. The third kappa shape index (κ3) is 2.96. The second kappa shape index (κ2) is 8.63. The molecule has 1 heterocycles. The van der Waals surface area contributed by atoms with Gasteiger partial charge in [0.2, 0.25) is 0 Å². The topological polar surface area (TPSA) is 114 Å². The Morgan fingerprint density at radius 1 is 1.00 bits per heavy atom. The number of methoxy groups -OCH3 is 2. The molecule has 160 valence electrons. The summed E-state index contributed by atoms with van der Waals surface area (Å²) >= 11 is 0. The number of hydrogen-bond acceptors (Lipinski definition) is 7. The number of benzene rings is 1. The van der Waals surface area contributed by atoms with E-state index >= 15 is 0 Å². The maximum absolute atomic E-state index is 10.1. The predicted molar refractivity (Wildman–Crippen MR) is 113 cm³/mol. The molecular weight excluding hydrogens is 380 g/mol. The summed E-state index contributed by atoms with van der Waals surface area (Å²) in [6.45, 7) is 2.89. The Morgan fingerprint density at radius 3 is 2.20 bits per heavy atom. The lowest BCUT2D eigenvalue weighted by molar-refractivity contribution is -0.230. The first-order valence-electron chi connectivity index (χ1n) is 10.5. The fourth-order valence-electron chi connectivity index (χ4n) is 4.85. The first kappa shape index (κ1) is 22.1. The van der Waals surface area contributed by atoms with Crippen molar-refractivity contribution < 1.29 is 14.2 Å². The largest absolute Gasteiger partial charge is 0.494 e. The molecule has 1 saturated carbocycles. The number of hydrogen-bond donors (Lipinski definition) is 1. The number of unbranched alkanes of at least 4 members (excludes halogenated alkanes) is 5. The molecule has 0 spiro atoms. The Bertz CT molecular complexity index is 866. The Morgan fingerprint density at radius 2 is 1.63 bits per heavy atom. The maximum Gasteiger partial charge on any atom is 0.292 e. The van der Waals surface area contributed by atoms with Gasteiger partial charge in [-0.3, -0.25) is 0 Å². The average molecular weight is 411 g/mol. The number of ether oxygens (including phenoxy) is 3. The summed E-state index contributed by atoms with van der Waals surface area (Å²) < 4.78 is 16.8. The lowest BCUT2D eigenvalue weighted by atomic mass is 9.93. The molecule has 1 aliphatic carbocycles. The van der Waals surface area contributed by atoms with E-state index in [1.807, 2.05) is 24.3 Å². The summed E-state index contributed by atoms with van der Waals surface area (Å²) in [6.07, 6.45) is 7.27. The zero-order valence-corrected chi connectivity index (χ0v) is 18.0. The van der Waals surface area contributed by atoms with Gasteiger partial charge < -0.3 is 19.9 Å². The number of fused-ring (bicyclic) bond motifs is 1. The van der Waals surface area contributed by atoms with Gasteiger partial charge >= 0.3 is 0 Å². The van der Waals surface area contributed by atoms with Crippen LogP contribution in [0.2, 0.25) is 0 Å². The highest BCUT2D eigenvalue weighted by molar-refractivity contribution is 6.00. The summed E-state index contributed by atoms with van der Waals surface area (Å²) in [5.74, 6) is -1.26. The molecule has 3 rings (SSSR count). The lowest BCUT2D eigenvalue weighted by Gasteiger charge is -2.29. The molecule has 30 heavy (non-hydrogen) atoms. The molecule has 7 heteroatoms. The van der Waals surface area contributed by atoms with Gasteiger partial charge in [-0.2, -0.15) is 10.5 Å². The van der Waals surface area contributed by atoms with Gasteiger partial charge in [-0.15, -0.1) is 0 Å². The monoisotopic (exact) mass is 410 g/mol. The lowest BCUT2D eigenvalue weighted by Crippen LogP contribution is -2.41. The average Bonchev–Trinajstić information content (AvgIpc) is 3.35. The van der Waals surface area contributed by atoms with E-state index in [0.29, 0.717) is 6.61 Å². The van der Waals surface area contributed by atoms with Crippen LogP contribution in [0, 0.1) is 33.5 Å². The van der Waals surface area contributed by atoms with Gasteiger partial charge in [-0.25, -0.2) is 4.99 Å². The summed E-state index contributed by atoms with van der Waals surface area (Å²) in [6, 6.07) is 12.0. The van der Waals surface area contributed by atoms with Crippen LogP contribution in [0.4, 0.5) is 0 Å². The highest BCUT2D eigenvalue weighted by Crippen LogP contribution is 2.81. The molecule has 3 unspecified atom stereocenters. The third-order valence-electron chi connectivity index (χ3n) is 6.46. The van der Waals surface area contributed by atoms with E-state index in [1.165, 1.54) is 46.3 Å². The zero-order valence-electron chi connectivity index (χ0n) is 18.0. The molecule has 7 nitrogen and oxygen atoms in total. The van der Waals surface area contributed by atoms with Gasteiger partial charge in [0, 0.05) is 20.1 Å². The van der Waals surface area contributed by atoms with Crippen LogP contribution < -0.4 is 10.5 Å². The van der Waals surface area contributed by atoms with Crippen LogP contribution in [-0.4, -0.2) is 32.6 Å². The van der Waals surface area contributed by atoms with E-state index in [1.54, 1.807) is 0 Å². The molecular formula is C23H30N4O3. The van der Waals surface area contributed by atoms with Crippen molar-refractivity contribution in [2.45, 2.75) is 57.3 Å². The molecule has 1 aromatic carbocycles. The standard InChI is InChI=1S/C23H30N4O3/c1-4-5-6-7-8-9-14-30-18-12-10-17(11-13-18)19-21(15-24)20(26)27-23(28-2,29-3)22(19,21)16-25/h10-13,19H,4-9,14H2,1-3H3,(H2,26,27). The van der Waals surface area contributed by atoms with E-state index in [0.717, 1.165) is 17.7 Å².